The van der Waals surface area contributed by atoms with Crippen LogP contribution in [0.15, 0.2) is 30.5 Å². The molecule has 0 spiro atoms. The Morgan fingerprint density at radius 3 is 2.67 bits per heavy atom. The van der Waals surface area contributed by atoms with Crippen molar-refractivity contribution in [2.45, 2.75) is 13.8 Å². The number of anilines is 3. The summed E-state index contributed by atoms with van der Waals surface area (Å²) < 4.78 is 5.63. The molecular weight excluding hydrogens is 304 g/mol. The first kappa shape index (κ1) is 16.4. The highest BCUT2D eigenvalue weighted by Crippen LogP contribution is 2.26. The van der Waals surface area contributed by atoms with E-state index in [1.807, 2.05) is 31.2 Å². The predicted octanol–water partition coefficient (Wildman–Crippen LogP) is 2.16. The zero-order valence-corrected chi connectivity index (χ0v) is 14.3. The number of nitrogens with one attached hydrogen (secondary N) is 1. The summed E-state index contributed by atoms with van der Waals surface area (Å²) in [6.45, 7) is 9.89. The summed E-state index contributed by atoms with van der Waals surface area (Å²) in [5.74, 6) is 2.13. The van der Waals surface area contributed by atoms with E-state index in [4.69, 9.17) is 4.74 Å². The second-order valence-corrected chi connectivity index (χ2v) is 5.61. The van der Waals surface area contributed by atoms with Gasteiger partial charge in [-0.15, -0.1) is 5.10 Å². The number of ether oxygens (including phenoxy) is 1. The third-order valence-corrected chi connectivity index (χ3v) is 4.12. The summed E-state index contributed by atoms with van der Waals surface area (Å²) in [5, 5.41) is 11.4. The fraction of sp³-hybridized carbons (Fsp3) is 0.471. The minimum atomic E-state index is 0.484. The van der Waals surface area contributed by atoms with Gasteiger partial charge in [0.05, 0.1) is 18.5 Å². The molecule has 0 atom stereocenters. The van der Waals surface area contributed by atoms with Crippen molar-refractivity contribution in [1.29, 1.82) is 0 Å². The average Bonchev–Trinajstić information content (AvgIpc) is 2.64. The van der Waals surface area contributed by atoms with E-state index in [2.05, 4.69) is 37.2 Å². The van der Waals surface area contributed by atoms with E-state index in [1.165, 1.54) is 0 Å². The highest BCUT2D eigenvalue weighted by molar-refractivity contribution is 5.62. The molecule has 1 aromatic carbocycles. The smallest absolute Gasteiger partial charge is 0.249 e. The van der Waals surface area contributed by atoms with Crippen LogP contribution in [0.5, 0.6) is 5.75 Å². The highest BCUT2D eigenvalue weighted by atomic mass is 16.5. The maximum atomic E-state index is 5.63. The van der Waals surface area contributed by atoms with Crippen LogP contribution in [-0.2, 0) is 0 Å². The zero-order valence-electron chi connectivity index (χ0n) is 14.3. The topological polar surface area (TPSA) is 66.4 Å². The van der Waals surface area contributed by atoms with Crippen LogP contribution in [0.3, 0.4) is 0 Å². The van der Waals surface area contributed by atoms with Crippen molar-refractivity contribution in [3.63, 3.8) is 0 Å². The number of nitrogens with zero attached hydrogens (tertiary/aromatic N) is 5. The number of rotatable bonds is 6. The predicted molar refractivity (Wildman–Crippen MR) is 95.0 cm³/mol. The van der Waals surface area contributed by atoms with E-state index in [-0.39, 0.29) is 0 Å². The van der Waals surface area contributed by atoms with Crippen LogP contribution in [0, 0.1) is 0 Å². The molecule has 2 heterocycles. The molecular formula is C17H24N6O. The summed E-state index contributed by atoms with van der Waals surface area (Å²) in [6.07, 6.45) is 1.72. The molecule has 0 saturated carbocycles. The Labute approximate surface area is 142 Å². The largest absolute Gasteiger partial charge is 0.492 e. The van der Waals surface area contributed by atoms with E-state index < -0.39 is 0 Å². The van der Waals surface area contributed by atoms with Gasteiger partial charge in [0.15, 0.2) is 5.82 Å². The molecule has 1 saturated heterocycles. The Balaban J connectivity index is 1.72. The van der Waals surface area contributed by atoms with Crippen LogP contribution in [0.2, 0.25) is 0 Å². The minimum Gasteiger partial charge on any atom is -0.492 e. The lowest BCUT2D eigenvalue weighted by Crippen LogP contribution is -2.46. The van der Waals surface area contributed by atoms with Crippen LogP contribution < -0.4 is 15.0 Å². The van der Waals surface area contributed by atoms with Gasteiger partial charge in [0.2, 0.25) is 5.95 Å². The van der Waals surface area contributed by atoms with E-state index in [9.17, 15) is 0 Å². The van der Waals surface area contributed by atoms with Crippen molar-refractivity contribution >= 4 is 17.5 Å². The van der Waals surface area contributed by atoms with Crippen molar-refractivity contribution in [1.82, 2.24) is 20.1 Å². The van der Waals surface area contributed by atoms with Crippen molar-refractivity contribution in [2.75, 3.05) is 49.5 Å². The second kappa shape index (κ2) is 7.92. The van der Waals surface area contributed by atoms with Gasteiger partial charge in [-0.25, -0.2) is 0 Å². The molecule has 0 unspecified atom stereocenters. The fourth-order valence-corrected chi connectivity index (χ4v) is 2.77. The van der Waals surface area contributed by atoms with Crippen LogP contribution in [0.4, 0.5) is 17.5 Å². The number of hydrogen-bond donors (Lipinski definition) is 1. The number of piperazine rings is 1. The van der Waals surface area contributed by atoms with Crippen molar-refractivity contribution < 1.29 is 4.74 Å². The van der Waals surface area contributed by atoms with Gasteiger partial charge in [-0.2, -0.15) is 10.1 Å². The Morgan fingerprint density at radius 2 is 1.92 bits per heavy atom. The van der Waals surface area contributed by atoms with Crippen LogP contribution in [0.1, 0.15) is 13.8 Å². The van der Waals surface area contributed by atoms with E-state index in [1.54, 1.807) is 6.20 Å². The summed E-state index contributed by atoms with van der Waals surface area (Å²) in [6, 6.07) is 7.76. The lowest BCUT2D eigenvalue weighted by molar-refractivity contribution is 0.270. The van der Waals surface area contributed by atoms with Gasteiger partial charge < -0.3 is 19.9 Å². The van der Waals surface area contributed by atoms with Gasteiger partial charge in [0, 0.05) is 26.2 Å². The first-order chi connectivity index (χ1) is 11.8. The van der Waals surface area contributed by atoms with Crippen molar-refractivity contribution in [3.8, 4) is 5.75 Å². The first-order valence-corrected chi connectivity index (χ1v) is 8.46. The Bertz CT molecular complexity index is 657. The third kappa shape index (κ3) is 3.91. The number of hydrogen-bond acceptors (Lipinski definition) is 7. The lowest BCUT2D eigenvalue weighted by atomic mass is 10.3. The van der Waals surface area contributed by atoms with Crippen LogP contribution in [0.25, 0.3) is 0 Å². The molecule has 0 amide bonds. The molecule has 2 aromatic rings. The first-order valence-electron chi connectivity index (χ1n) is 8.46. The summed E-state index contributed by atoms with van der Waals surface area (Å²) in [7, 11) is 0. The molecule has 3 rings (SSSR count). The average molecular weight is 328 g/mol. The number of aromatic nitrogens is 3. The van der Waals surface area contributed by atoms with Crippen LogP contribution >= 0.6 is 0 Å². The zero-order chi connectivity index (χ0) is 16.8. The quantitative estimate of drug-likeness (QED) is 0.871. The molecule has 7 nitrogen and oxygen atoms in total. The molecule has 1 aromatic heterocycles. The summed E-state index contributed by atoms with van der Waals surface area (Å²) >= 11 is 0. The highest BCUT2D eigenvalue weighted by Gasteiger charge is 2.17. The van der Waals surface area contributed by atoms with Gasteiger partial charge in [0.1, 0.15) is 5.75 Å². The molecule has 1 fully saturated rings. The fourth-order valence-electron chi connectivity index (χ4n) is 2.77. The number of benzene rings is 1. The van der Waals surface area contributed by atoms with Gasteiger partial charge in [-0.05, 0) is 25.6 Å². The van der Waals surface area contributed by atoms with Gasteiger partial charge in [-0.3, -0.25) is 0 Å². The Kier molecular flexibility index (Phi) is 5.43. The second-order valence-electron chi connectivity index (χ2n) is 5.61. The monoisotopic (exact) mass is 328 g/mol. The number of para-hydroxylation sites is 2. The number of likely N-dealkylation sites (N-methyl/N-ethyl adjacent to an activating group) is 1. The van der Waals surface area contributed by atoms with Crippen molar-refractivity contribution in [3.05, 3.63) is 30.5 Å². The SMILES string of the molecule is CCOc1ccccc1Nc1nncc(N2CCN(CC)CC2)n1. The van der Waals surface area contributed by atoms with E-state index in [0.717, 1.165) is 50.0 Å². The molecule has 0 bridgehead atoms. The molecule has 0 aliphatic carbocycles. The molecule has 0 radical (unpaired) electrons. The molecule has 1 aliphatic rings. The van der Waals surface area contributed by atoms with Gasteiger partial charge >= 0.3 is 0 Å². The molecule has 128 valence electrons. The standard InChI is InChI=1S/C17H24N6O/c1-3-22-9-11-23(12-10-22)16-13-18-21-17(20-16)19-14-7-5-6-8-15(14)24-4-2/h5-8,13H,3-4,9-12H2,1-2H3,(H,19,20,21). The van der Waals surface area contributed by atoms with Gasteiger partial charge in [-0.1, -0.05) is 19.1 Å². The molecule has 24 heavy (non-hydrogen) atoms. The van der Waals surface area contributed by atoms with Crippen molar-refractivity contribution in [2.24, 2.45) is 0 Å². The minimum absolute atomic E-state index is 0.484. The van der Waals surface area contributed by atoms with Crippen LogP contribution in [-0.4, -0.2) is 59.4 Å². The maximum absolute atomic E-state index is 5.63. The summed E-state index contributed by atoms with van der Waals surface area (Å²) in [4.78, 5) is 9.29. The lowest BCUT2D eigenvalue weighted by Gasteiger charge is -2.34. The molecule has 1 aliphatic heterocycles. The maximum Gasteiger partial charge on any atom is 0.249 e. The molecule has 7 heteroatoms. The normalized spacial score (nSPS) is 15.3. The third-order valence-electron chi connectivity index (χ3n) is 4.12. The van der Waals surface area contributed by atoms with Gasteiger partial charge in [0.25, 0.3) is 0 Å². The van der Waals surface area contributed by atoms with E-state index >= 15 is 0 Å². The van der Waals surface area contributed by atoms with E-state index in [0.29, 0.717) is 12.6 Å². The molecule has 1 N–H and O–H groups in total. The Morgan fingerprint density at radius 1 is 1.12 bits per heavy atom. The summed E-state index contributed by atoms with van der Waals surface area (Å²) in [5.41, 5.74) is 0.842. The Hall–Kier alpha value is -2.41.